The number of carbonyl (C=O) groups excluding carboxylic acids is 2. The molecule has 0 radical (unpaired) electrons. The number of nitrogens with one attached hydrogen (secondary N) is 1. The first-order chi connectivity index (χ1) is 8.85. The predicted molar refractivity (Wildman–Crippen MR) is 62.9 cm³/mol. The van der Waals surface area contributed by atoms with Gasteiger partial charge in [-0.15, -0.1) is 0 Å². The van der Waals surface area contributed by atoms with E-state index in [1.54, 1.807) is 13.8 Å². The highest BCUT2D eigenvalue weighted by Crippen LogP contribution is 2.38. The highest BCUT2D eigenvalue weighted by molar-refractivity contribution is 6.16. The molecule has 0 unspecified atom stereocenters. The number of hydrogen-bond acceptors (Lipinski definition) is 6. The van der Waals surface area contributed by atoms with Crippen LogP contribution in [-0.2, 0) is 28.5 Å². The van der Waals surface area contributed by atoms with Gasteiger partial charge in [-0.2, -0.15) is 0 Å². The minimum atomic E-state index is -1.20. The summed E-state index contributed by atoms with van der Waals surface area (Å²) >= 11 is 0. The molecule has 3 atom stereocenters. The second-order valence-corrected chi connectivity index (χ2v) is 4.64. The van der Waals surface area contributed by atoms with Crippen molar-refractivity contribution in [1.29, 1.82) is 0 Å². The maximum Gasteiger partial charge on any atom is 0.256 e. The minimum absolute atomic E-state index is 0.0931. The lowest BCUT2D eigenvalue weighted by Gasteiger charge is -2.48. The van der Waals surface area contributed by atoms with E-state index in [9.17, 15) is 9.59 Å². The molecule has 0 spiro atoms. The number of ether oxygens (including phenoxy) is 4. The Morgan fingerprint density at radius 2 is 1.89 bits per heavy atom. The molecule has 0 aromatic carbocycles. The van der Waals surface area contributed by atoms with Crippen molar-refractivity contribution in [2.75, 3.05) is 20.8 Å². The van der Waals surface area contributed by atoms with Gasteiger partial charge in [-0.25, -0.2) is 0 Å². The van der Waals surface area contributed by atoms with E-state index in [1.807, 2.05) is 0 Å². The van der Waals surface area contributed by atoms with Gasteiger partial charge in [-0.3, -0.25) is 14.9 Å². The lowest BCUT2D eigenvalue weighted by molar-refractivity contribution is -0.426. The zero-order valence-corrected chi connectivity index (χ0v) is 11.3. The van der Waals surface area contributed by atoms with Crippen LogP contribution in [-0.4, -0.2) is 50.3 Å². The van der Waals surface area contributed by atoms with Crippen LogP contribution in [0, 0.1) is 0 Å². The first-order valence-electron chi connectivity index (χ1n) is 5.84. The summed E-state index contributed by atoms with van der Waals surface area (Å²) in [4.78, 5) is 22.8. The zero-order chi connectivity index (χ0) is 14.3. The third kappa shape index (κ3) is 2.18. The molecule has 2 aliphatic heterocycles. The van der Waals surface area contributed by atoms with E-state index in [-0.39, 0.29) is 12.2 Å². The van der Waals surface area contributed by atoms with E-state index < -0.39 is 29.5 Å². The largest absolute Gasteiger partial charge is 0.349 e. The molecular weight excluding hydrogens is 254 g/mol. The Morgan fingerprint density at radius 1 is 1.26 bits per heavy atom. The summed E-state index contributed by atoms with van der Waals surface area (Å²) in [6.07, 6.45) is 0.529. The van der Waals surface area contributed by atoms with E-state index in [4.69, 9.17) is 18.9 Å². The topological polar surface area (TPSA) is 83.1 Å². The van der Waals surface area contributed by atoms with E-state index in [0.717, 1.165) is 0 Å². The first-order valence-corrected chi connectivity index (χ1v) is 5.84. The molecule has 2 rings (SSSR count). The molecule has 1 N–H and O–H groups in total. The van der Waals surface area contributed by atoms with E-state index in [2.05, 4.69) is 5.32 Å². The number of rotatable bonds is 3. The summed E-state index contributed by atoms with van der Waals surface area (Å²) in [5, 5.41) is 2.17. The maximum absolute atomic E-state index is 11.6. The fourth-order valence-electron chi connectivity index (χ4n) is 2.08. The Labute approximate surface area is 110 Å². The molecule has 106 valence electrons. The van der Waals surface area contributed by atoms with Crippen molar-refractivity contribution in [3.63, 3.8) is 0 Å². The van der Waals surface area contributed by atoms with Gasteiger partial charge in [-0.1, -0.05) is 0 Å². The predicted octanol–water partition coefficient (Wildman–Crippen LogP) is -0.290. The molecule has 19 heavy (non-hydrogen) atoms. The average molecular weight is 271 g/mol. The van der Waals surface area contributed by atoms with Crippen LogP contribution in [0.1, 0.15) is 13.8 Å². The summed E-state index contributed by atoms with van der Waals surface area (Å²) < 4.78 is 22.0. The van der Waals surface area contributed by atoms with Crippen molar-refractivity contribution in [3.05, 3.63) is 11.6 Å². The molecule has 1 fully saturated rings. The average Bonchev–Trinajstić information content (AvgIpc) is 2.72. The van der Waals surface area contributed by atoms with Crippen LogP contribution in [0.2, 0.25) is 0 Å². The number of carbonyl (C=O) groups is 2. The molecule has 0 saturated carbocycles. The van der Waals surface area contributed by atoms with Gasteiger partial charge < -0.3 is 18.9 Å². The zero-order valence-electron chi connectivity index (χ0n) is 11.3. The van der Waals surface area contributed by atoms with Gasteiger partial charge in [0.2, 0.25) is 11.6 Å². The molecule has 1 saturated heterocycles. The minimum Gasteiger partial charge on any atom is -0.349 e. The molecule has 2 aliphatic rings. The van der Waals surface area contributed by atoms with Crippen molar-refractivity contribution < 1.29 is 28.5 Å². The van der Waals surface area contributed by atoms with Gasteiger partial charge in [0.25, 0.3) is 11.8 Å². The second-order valence-electron chi connectivity index (χ2n) is 4.64. The summed E-state index contributed by atoms with van der Waals surface area (Å²) in [7, 11) is 2.93. The Bertz CT molecular complexity index is 448. The highest BCUT2D eigenvalue weighted by atomic mass is 16.8. The molecule has 7 heteroatoms. The third-order valence-electron chi connectivity index (χ3n) is 3.61. The molecule has 0 aromatic rings. The fraction of sp³-hybridized carbons (Fsp3) is 0.667. The molecule has 0 aliphatic carbocycles. The fourth-order valence-corrected chi connectivity index (χ4v) is 2.08. The summed E-state index contributed by atoms with van der Waals surface area (Å²) in [6, 6.07) is 0. The summed E-state index contributed by atoms with van der Waals surface area (Å²) in [5.74, 6) is -3.23. The van der Waals surface area contributed by atoms with Crippen molar-refractivity contribution in [1.82, 2.24) is 5.32 Å². The van der Waals surface area contributed by atoms with Crippen molar-refractivity contribution in [3.8, 4) is 0 Å². The Kier molecular flexibility index (Phi) is 3.48. The number of imide groups is 1. The lowest BCUT2D eigenvalue weighted by atomic mass is 10.0. The highest BCUT2D eigenvalue weighted by Gasteiger charge is 2.54. The van der Waals surface area contributed by atoms with Gasteiger partial charge in [-0.05, 0) is 13.8 Å². The molecule has 0 bridgehead atoms. The van der Waals surface area contributed by atoms with Crippen LogP contribution in [0.3, 0.4) is 0 Å². The van der Waals surface area contributed by atoms with Crippen LogP contribution in [0.5, 0.6) is 0 Å². The second kappa shape index (κ2) is 4.68. The Morgan fingerprint density at radius 3 is 2.37 bits per heavy atom. The van der Waals surface area contributed by atoms with Gasteiger partial charge >= 0.3 is 0 Å². The summed E-state index contributed by atoms with van der Waals surface area (Å²) in [6.45, 7) is 3.43. The van der Waals surface area contributed by atoms with Crippen LogP contribution in [0.4, 0.5) is 0 Å². The van der Waals surface area contributed by atoms with E-state index in [1.165, 1.54) is 20.3 Å². The van der Waals surface area contributed by atoms with Gasteiger partial charge in [0.05, 0.1) is 12.2 Å². The summed E-state index contributed by atoms with van der Waals surface area (Å²) in [5.41, 5.74) is 0.228. The molecule has 2 heterocycles. The Hall–Kier alpha value is -1.28. The normalized spacial score (nSPS) is 39.2. The van der Waals surface area contributed by atoms with Crippen molar-refractivity contribution >= 4 is 11.8 Å². The van der Waals surface area contributed by atoms with Crippen LogP contribution >= 0.6 is 0 Å². The number of amides is 2. The molecular formula is C12H17NO6. The van der Waals surface area contributed by atoms with Crippen LogP contribution < -0.4 is 5.32 Å². The smallest absolute Gasteiger partial charge is 0.256 e. The molecule has 0 aromatic heterocycles. The number of hydrogen-bond donors (Lipinski definition) is 1. The maximum atomic E-state index is 11.6. The van der Waals surface area contributed by atoms with Gasteiger partial charge in [0, 0.05) is 20.3 Å². The van der Waals surface area contributed by atoms with Crippen molar-refractivity contribution in [2.45, 2.75) is 31.5 Å². The van der Waals surface area contributed by atoms with Crippen molar-refractivity contribution in [2.24, 2.45) is 0 Å². The monoisotopic (exact) mass is 271 g/mol. The number of methoxy groups -OCH3 is 2. The SMILES string of the molecule is CO[C@@]1(C)OC[C@H](C2=CC(=O)NC2=O)O[C@]1(C)OC. The molecule has 2 amide bonds. The van der Waals surface area contributed by atoms with Crippen LogP contribution in [0.25, 0.3) is 0 Å². The van der Waals surface area contributed by atoms with E-state index in [0.29, 0.717) is 0 Å². The molecule has 7 nitrogen and oxygen atoms in total. The standard InChI is InChI=1S/C12H17NO6/c1-11(16-3)12(2,17-4)19-8(6-18-11)7-5-9(14)13-10(7)15/h5,8H,6H2,1-4H3,(H,13,14,15)/t8-,11+,12+/m1/s1. The van der Waals surface area contributed by atoms with Crippen LogP contribution in [0.15, 0.2) is 11.6 Å². The Balaban J connectivity index is 2.23. The lowest BCUT2D eigenvalue weighted by Crippen LogP contribution is -2.62. The van der Waals surface area contributed by atoms with E-state index >= 15 is 0 Å². The van der Waals surface area contributed by atoms with Gasteiger partial charge in [0.1, 0.15) is 6.10 Å². The first kappa shape index (κ1) is 14.1. The third-order valence-corrected chi connectivity index (χ3v) is 3.61. The van der Waals surface area contributed by atoms with Gasteiger partial charge in [0.15, 0.2) is 0 Å². The quantitative estimate of drug-likeness (QED) is 0.710.